The second-order valence-corrected chi connectivity index (χ2v) is 15.5. The van der Waals surface area contributed by atoms with Crippen LogP contribution in [0.5, 0.6) is 0 Å². The summed E-state index contributed by atoms with van der Waals surface area (Å²) in [7, 11) is 3.28. The number of thiol groups is 5. The predicted octanol–water partition coefficient (Wildman–Crippen LogP) is 2.68. The average Bonchev–Trinajstić information content (AvgIpc) is 3.62. The summed E-state index contributed by atoms with van der Waals surface area (Å²) in [5.41, 5.74) is 0. The summed E-state index contributed by atoms with van der Waals surface area (Å²) in [4.78, 5) is 67.9. The van der Waals surface area contributed by atoms with E-state index >= 15 is 0 Å². The summed E-state index contributed by atoms with van der Waals surface area (Å²) in [6, 6.07) is -0.310. The Hall–Kier alpha value is -0.470. The summed E-state index contributed by atoms with van der Waals surface area (Å²) < 4.78 is 0. The van der Waals surface area contributed by atoms with E-state index in [0.717, 1.165) is 6.42 Å². The van der Waals surface area contributed by atoms with Crippen LogP contribution in [0.2, 0.25) is 0 Å². The molecule has 44 heavy (non-hydrogen) atoms. The molecule has 4 saturated heterocycles. The molecule has 0 aromatic heterocycles. The number of rotatable bonds is 19. The van der Waals surface area contributed by atoms with Crippen molar-refractivity contribution in [2.24, 2.45) is 0 Å². The van der Waals surface area contributed by atoms with E-state index in [1.165, 1.54) is 0 Å². The van der Waals surface area contributed by atoms with Gasteiger partial charge in [-0.15, -0.1) is 0 Å². The molecule has 0 aromatic carbocycles. The maximum Gasteiger partial charge on any atom is 0.323 e. The van der Waals surface area contributed by atoms with Crippen LogP contribution < -0.4 is 0 Å². The predicted molar refractivity (Wildman–Crippen MR) is 195 cm³/mol. The highest BCUT2D eigenvalue weighted by atomic mass is 33.1. The summed E-state index contributed by atoms with van der Waals surface area (Å²) in [5.74, 6) is 3.86. The van der Waals surface area contributed by atoms with Crippen LogP contribution in [0.15, 0.2) is 0 Å². The Bertz CT molecular complexity index is 951. The second-order valence-electron chi connectivity index (χ2n) is 10.6. The normalized spacial score (nSPS) is 25.1. The molecule has 0 N–H and O–H groups in total. The van der Waals surface area contributed by atoms with Gasteiger partial charge in [-0.3, -0.25) is 34.3 Å². The van der Waals surface area contributed by atoms with Crippen LogP contribution in [0, 0.1) is 0 Å². The van der Waals surface area contributed by atoms with Crippen LogP contribution in [-0.2, 0) is 0 Å². The fourth-order valence-corrected chi connectivity index (χ4v) is 9.53. The first-order chi connectivity index (χ1) is 21.3. The van der Waals surface area contributed by atoms with Gasteiger partial charge in [0, 0.05) is 92.6 Å². The van der Waals surface area contributed by atoms with Crippen molar-refractivity contribution in [3.8, 4) is 0 Å². The maximum atomic E-state index is 13.5. The Morgan fingerprint density at radius 3 is 0.886 bits per heavy atom. The molecule has 4 aliphatic heterocycles. The molecule has 4 atom stereocenters. The van der Waals surface area contributed by atoms with E-state index in [4.69, 9.17) is 0 Å². The first-order valence-electron chi connectivity index (χ1n) is 14.9. The van der Waals surface area contributed by atoms with E-state index in [2.05, 4.69) is 63.1 Å². The molecule has 8 amide bonds. The van der Waals surface area contributed by atoms with E-state index in [1.807, 2.05) is 16.7 Å². The van der Waals surface area contributed by atoms with E-state index in [-0.39, 0.29) is 48.8 Å². The van der Waals surface area contributed by atoms with Gasteiger partial charge in [-0.2, -0.15) is 63.1 Å². The molecule has 0 aliphatic carbocycles. The van der Waals surface area contributed by atoms with Crippen LogP contribution >= 0.6 is 84.7 Å². The molecule has 12 nitrogen and oxygen atoms in total. The van der Waals surface area contributed by atoms with Crippen molar-refractivity contribution < 1.29 is 19.2 Å². The Kier molecular flexibility index (Phi) is 14.1. The number of urea groups is 4. The summed E-state index contributed by atoms with van der Waals surface area (Å²) in [5, 5.41) is 0. The summed E-state index contributed by atoms with van der Waals surface area (Å²) >= 11 is 21.8. The quantitative estimate of drug-likeness (QED) is 0.0795. The molecule has 4 unspecified atom stereocenters. The van der Waals surface area contributed by atoms with Crippen LogP contribution in [0.4, 0.5) is 19.2 Å². The molecule has 0 radical (unpaired) electrons. The third kappa shape index (κ3) is 7.03. The zero-order chi connectivity index (χ0) is 32.0. The molecule has 19 heteroatoms. The van der Waals surface area contributed by atoms with Crippen LogP contribution in [0.3, 0.4) is 0 Å². The number of carbonyl (C=O) groups excluding carboxylic acids is 4. The van der Waals surface area contributed by atoms with Gasteiger partial charge in [-0.1, -0.05) is 28.5 Å². The molecule has 0 saturated carbocycles. The van der Waals surface area contributed by atoms with Crippen molar-refractivity contribution in [1.29, 1.82) is 0 Å². The summed E-state index contributed by atoms with van der Waals surface area (Å²) in [6.45, 7) is 5.88. The number of hydrogen-bond donors (Lipinski definition) is 5. The highest BCUT2D eigenvalue weighted by Crippen LogP contribution is 2.37. The number of fused-ring (bicyclic) bond motifs is 2. The average molecular weight is 745 g/mol. The highest BCUT2D eigenvalue weighted by Gasteiger charge is 2.59. The first kappa shape index (κ1) is 36.4. The standard InChI is InChI=1S/C25H44N8O4S7/c1-2-3-26-18-19(27(4-11-38)22(26)34)29(6-13-40)24(36)32(18)9-16-43-44-17-10-33-21-20(30(7-14-41)25(33)37)28(5-12-39)23(35)31(21)8-15-42/h18-21,38-42H,2-17H2,1H3. The second kappa shape index (κ2) is 17.1. The van der Waals surface area contributed by atoms with Crippen molar-refractivity contribution in [1.82, 2.24) is 39.2 Å². The maximum absolute atomic E-state index is 13.5. The molecule has 4 fully saturated rings. The van der Waals surface area contributed by atoms with Gasteiger partial charge in [-0.05, 0) is 6.42 Å². The third-order valence-electron chi connectivity index (χ3n) is 8.14. The van der Waals surface area contributed by atoms with E-state index in [1.54, 1.807) is 51.0 Å². The molecule has 0 spiro atoms. The van der Waals surface area contributed by atoms with Gasteiger partial charge < -0.3 is 4.90 Å². The van der Waals surface area contributed by atoms with Gasteiger partial charge in [0.2, 0.25) is 0 Å². The lowest BCUT2D eigenvalue weighted by atomic mass is 10.3. The molecular weight excluding hydrogens is 701 g/mol. The minimum Gasteiger partial charge on any atom is -0.300 e. The molecule has 4 heterocycles. The Balaban J connectivity index is 1.37. The fourth-order valence-electron chi connectivity index (χ4n) is 6.52. The number of carbonyl (C=O) groups is 4. The largest absolute Gasteiger partial charge is 0.323 e. The molecule has 4 aliphatic rings. The molecular formula is C25H44N8O4S7. The van der Waals surface area contributed by atoms with Crippen LogP contribution in [0.25, 0.3) is 0 Å². The lowest BCUT2D eigenvalue weighted by Crippen LogP contribution is -2.48. The van der Waals surface area contributed by atoms with Crippen molar-refractivity contribution in [3.63, 3.8) is 0 Å². The van der Waals surface area contributed by atoms with E-state index < -0.39 is 0 Å². The highest BCUT2D eigenvalue weighted by molar-refractivity contribution is 8.76. The topological polar surface area (TPSA) is 94.2 Å². The van der Waals surface area contributed by atoms with E-state index in [9.17, 15) is 19.2 Å². The first-order valence-corrected chi connectivity index (χ1v) is 20.6. The van der Waals surface area contributed by atoms with Gasteiger partial charge in [0.15, 0.2) is 0 Å². The number of hydrogen-bond acceptors (Lipinski definition) is 11. The molecule has 0 bridgehead atoms. The monoisotopic (exact) mass is 744 g/mol. The zero-order valence-electron chi connectivity index (χ0n) is 24.9. The lowest BCUT2D eigenvalue weighted by molar-refractivity contribution is 0.132. The Morgan fingerprint density at radius 2 is 0.659 bits per heavy atom. The van der Waals surface area contributed by atoms with Crippen LogP contribution in [-0.4, -0.2) is 181 Å². The minimum atomic E-state index is -0.380. The fraction of sp³-hybridized carbons (Fsp3) is 0.840. The number of nitrogens with zero attached hydrogens (tertiary/aromatic N) is 8. The lowest BCUT2D eigenvalue weighted by Gasteiger charge is -2.30. The smallest absolute Gasteiger partial charge is 0.300 e. The SMILES string of the molecule is CCCN1C(=O)N(CCS)C2C1N(CCSSCCN1C(=O)N(CCS)C3C1N(CCS)C(=O)N3CCS)C(=O)N2CCS. The van der Waals surface area contributed by atoms with Gasteiger partial charge in [0.25, 0.3) is 0 Å². The Morgan fingerprint density at radius 1 is 0.432 bits per heavy atom. The van der Waals surface area contributed by atoms with Crippen molar-refractivity contribution in [2.75, 3.05) is 92.6 Å². The third-order valence-corrected chi connectivity index (χ3v) is 11.5. The Labute approximate surface area is 296 Å². The molecule has 0 aromatic rings. The van der Waals surface area contributed by atoms with Crippen LogP contribution in [0.1, 0.15) is 13.3 Å². The van der Waals surface area contributed by atoms with Crippen molar-refractivity contribution in [3.05, 3.63) is 0 Å². The van der Waals surface area contributed by atoms with Gasteiger partial charge in [0.1, 0.15) is 24.7 Å². The number of amides is 8. The van der Waals surface area contributed by atoms with E-state index in [0.29, 0.717) is 92.6 Å². The van der Waals surface area contributed by atoms with Crippen molar-refractivity contribution in [2.45, 2.75) is 38.0 Å². The van der Waals surface area contributed by atoms with Gasteiger partial charge in [-0.25, -0.2) is 19.2 Å². The minimum absolute atomic E-state index is 0.0505. The molecule has 4 rings (SSSR count). The zero-order valence-corrected chi connectivity index (χ0v) is 31.0. The van der Waals surface area contributed by atoms with Crippen molar-refractivity contribution >= 4 is 109 Å². The van der Waals surface area contributed by atoms with Gasteiger partial charge >= 0.3 is 24.1 Å². The van der Waals surface area contributed by atoms with Gasteiger partial charge in [0.05, 0.1) is 0 Å². The molecule has 250 valence electrons. The summed E-state index contributed by atoms with van der Waals surface area (Å²) in [6.07, 6.45) is -0.633.